The van der Waals surface area contributed by atoms with Crippen molar-refractivity contribution in [2.45, 2.75) is 20.8 Å². The van der Waals surface area contributed by atoms with E-state index in [4.69, 9.17) is 5.11 Å². The minimum absolute atomic E-state index is 0.165. The molecule has 0 bridgehead atoms. The molecule has 1 aromatic carbocycles. The maximum Gasteiger partial charge on any atom is 0.373 e. The Hall–Kier alpha value is -1.97. The molecule has 0 spiro atoms. The molecule has 0 aliphatic heterocycles. The number of carboxylic acids is 1. The Bertz CT molecular complexity index is 509. The Labute approximate surface area is 94.0 Å². The van der Waals surface area contributed by atoms with E-state index in [1.807, 2.05) is 32.9 Å². The lowest BCUT2D eigenvalue weighted by atomic mass is 10.2. The summed E-state index contributed by atoms with van der Waals surface area (Å²) in [6.45, 7) is 5.96. The van der Waals surface area contributed by atoms with Crippen LogP contribution in [0, 0.1) is 6.92 Å². The highest BCUT2D eigenvalue weighted by Gasteiger charge is 2.06. The molecule has 0 aliphatic carbocycles. The normalized spacial score (nSPS) is 9.44. The number of fused-ring (bicyclic) bond motifs is 1. The fourth-order valence-corrected chi connectivity index (χ4v) is 1.26. The number of rotatable bonds is 1. The number of aromatic carboxylic acids is 1. The van der Waals surface area contributed by atoms with E-state index in [1.54, 1.807) is 6.07 Å². The van der Waals surface area contributed by atoms with E-state index >= 15 is 0 Å². The molecule has 0 amide bonds. The van der Waals surface area contributed by atoms with Crippen LogP contribution < -0.4 is 0 Å². The summed E-state index contributed by atoms with van der Waals surface area (Å²) in [5, 5.41) is 9.53. The average molecular weight is 218 g/mol. The van der Waals surface area contributed by atoms with E-state index in [2.05, 4.69) is 9.97 Å². The zero-order chi connectivity index (χ0) is 12.1. The Morgan fingerprint density at radius 2 is 2.00 bits per heavy atom. The molecule has 2 aromatic rings. The number of hydrogen-bond donors (Lipinski definition) is 1. The van der Waals surface area contributed by atoms with Gasteiger partial charge in [-0.05, 0) is 19.1 Å². The van der Waals surface area contributed by atoms with Crippen molar-refractivity contribution >= 4 is 16.9 Å². The van der Waals surface area contributed by atoms with E-state index in [-0.39, 0.29) is 5.82 Å². The van der Waals surface area contributed by atoms with Crippen LogP contribution in [0.3, 0.4) is 0 Å². The van der Waals surface area contributed by atoms with Crippen molar-refractivity contribution in [1.82, 2.24) is 9.97 Å². The summed E-state index contributed by atoms with van der Waals surface area (Å²) in [7, 11) is 0. The number of nitrogens with zero attached hydrogens (tertiary/aromatic N) is 2. The third-order valence-corrected chi connectivity index (χ3v) is 1.93. The first-order chi connectivity index (χ1) is 7.66. The number of benzene rings is 1. The third kappa shape index (κ3) is 2.53. The van der Waals surface area contributed by atoms with E-state index in [0.29, 0.717) is 5.52 Å². The molecule has 1 N–H and O–H groups in total. The fourth-order valence-electron chi connectivity index (χ4n) is 1.26. The average Bonchev–Trinajstić information content (AvgIpc) is 2.30. The molecule has 0 aliphatic rings. The third-order valence-electron chi connectivity index (χ3n) is 1.93. The number of hydrogen-bond acceptors (Lipinski definition) is 3. The van der Waals surface area contributed by atoms with Gasteiger partial charge in [0.05, 0.1) is 5.52 Å². The maximum absolute atomic E-state index is 10.6. The molecule has 0 atom stereocenters. The Balaban J connectivity index is 0.000000606. The molecule has 1 aromatic heterocycles. The second kappa shape index (κ2) is 5.21. The van der Waals surface area contributed by atoms with E-state index in [0.717, 1.165) is 10.9 Å². The van der Waals surface area contributed by atoms with E-state index in [9.17, 15) is 4.79 Å². The molecule has 0 radical (unpaired) electrons. The van der Waals surface area contributed by atoms with Crippen molar-refractivity contribution in [3.05, 3.63) is 35.8 Å². The molecule has 0 saturated carbocycles. The number of carboxylic acid groups (broad SMARTS) is 1. The standard InChI is InChI=1S/C10H8N2O2.C2H6/c1-6-2-3-8-7(4-6)5-11-9(12-8)10(13)14;1-2/h2-5H,1H3,(H,13,14);1-2H3. The van der Waals surface area contributed by atoms with E-state index in [1.165, 1.54) is 6.20 Å². The van der Waals surface area contributed by atoms with Gasteiger partial charge in [-0.2, -0.15) is 0 Å². The van der Waals surface area contributed by atoms with Crippen LogP contribution in [0.1, 0.15) is 30.0 Å². The van der Waals surface area contributed by atoms with Crippen LogP contribution in [0.5, 0.6) is 0 Å². The van der Waals surface area contributed by atoms with Gasteiger partial charge in [0.1, 0.15) is 0 Å². The summed E-state index contributed by atoms with van der Waals surface area (Å²) >= 11 is 0. The lowest BCUT2D eigenvalue weighted by Gasteiger charge is -1.98. The van der Waals surface area contributed by atoms with Crippen LogP contribution >= 0.6 is 0 Å². The topological polar surface area (TPSA) is 63.1 Å². The maximum atomic E-state index is 10.6. The predicted molar refractivity (Wildman–Crippen MR) is 62.6 cm³/mol. The van der Waals surface area contributed by atoms with Crippen molar-refractivity contribution in [2.75, 3.05) is 0 Å². The monoisotopic (exact) mass is 218 g/mol. The van der Waals surface area contributed by atoms with Gasteiger partial charge in [-0.3, -0.25) is 0 Å². The molecule has 0 fully saturated rings. The number of aromatic nitrogens is 2. The Kier molecular flexibility index (Phi) is 3.94. The van der Waals surface area contributed by atoms with Gasteiger partial charge in [0, 0.05) is 11.6 Å². The molecule has 0 saturated heterocycles. The predicted octanol–water partition coefficient (Wildman–Crippen LogP) is 2.66. The van der Waals surface area contributed by atoms with Crippen LogP contribution in [0.2, 0.25) is 0 Å². The summed E-state index contributed by atoms with van der Waals surface area (Å²) in [4.78, 5) is 18.2. The van der Waals surface area contributed by atoms with Gasteiger partial charge >= 0.3 is 5.97 Å². The van der Waals surface area contributed by atoms with Crippen LogP contribution in [-0.2, 0) is 0 Å². The quantitative estimate of drug-likeness (QED) is 0.799. The highest BCUT2D eigenvalue weighted by molar-refractivity contribution is 5.87. The Morgan fingerprint density at radius 3 is 2.62 bits per heavy atom. The molecule has 16 heavy (non-hydrogen) atoms. The number of aryl methyl sites for hydroxylation is 1. The van der Waals surface area contributed by atoms with Gasteiger partial charge < -0.3 is 5.11 Å². The summed E-state index contributed by atoms with van der Waals surface area (Å²) in [5.41, 5.74) is 1.76. The lowest BCUT2D eigenvalue weighted by molar-refractivity contribution is 0.0684. The molecule has 2 rings (SSSR count). The smallest absolute Gasteiger partial charge is 0.373 e. The molecule has 4 heteroatoms. The molecular formula is C12H14N2O2. The van der Waals surface area contributed by atoms with Gasteiger partial charge in [-0.1, -0.05) is 25.5 Å². The highest BCUT2D eigenvalue weighted by Crippen LogP contribution is 2.12. The van der Waals surface area contributed by atoms with Crippen molar-refractivity contribution in [3.63, 3.8) is 0 Å². The minimum atomic E-state index is -1.10. The van der Waals surface area contributed by atoms with Crippen LogP contribution in [0.4, 0.5) is 0 Å². The molecule has 84 valence electrons. The first-order valence-corrected chi connectivity index (χ1v) is 5.13. The first kappa shape index (κ1) is 12.1. The summed E-state index contributed by atoms with van der Waals surface area (Å²) < 4.78 is 0. The molecule has 4 nitrogen and oxygen atoms in total. The largest absolute Gasteiger partial charge is 0.475 e. The van der Waals surface area contributed by atoms with Gasteiger partial charge in [-0.25, -0.2) is 14.8 Å². The van der Waals surface area contributed by atoms with Crippen LogP contribution in [-0.4, -0.2) is 21.0 Å². The SMILES string of the molecule is CC.Cc1ccc2nc(C(=O)O)ncc2c1. The van der Waals surface area contributed by atoms with Gasteiger partial charge in [0.2, 0.25) is 5.82 Å². The second-order valence-electron chi connectivity index (χ2n) is 3.06. The van der Waals surface area contributed by atoms with Crippen molar-refractivity contribution in [3.8, 4) is 0 Å². The molecular weight excluding hydrogens is 204 g/mol. The van der Waals surface area contributed by atoms with E-state index < -0.39 is 5.97 Å². The lowest BCUT2D eigenvalue weighted by Crippen LogP contribution is -2.03. The number of carbonyl (C=O) groups is 1. The van der Waals surface area contributed by atoms with Crippen molar-refractivity contribution in [1.29, 1.82) is 0 Å². The first-order valence-electron chi connectivity index (χ1n) is 5.13. The summed E-state index contributed by atoms with van der Waals surface area (Å²) in [6.07, 6.45) is 1.53. The molecule has 0 unspecified atom stereocenters. The van der Waals surface area contributed by atoms with Crippen LogP contribution in [0.25, 0.3) is 10.9 Å². The molecule has 1 heterocycles. The summed E-state index contributed by atoms with van der Waals surface area (Å²) in [5.74, 6) is -1.27. The van der Waals surface area contributed by atoms with Gasteiger partial charge in [-0.15, -0.1) is 0 Å². The fraction of sp³-hybridized carbons (Fsp3) is 0.250. The zero-order valence-corrected chi connectivity index (χ0v) is 9.56. The van der Waals surface area contributed by atoms with Gasteiger partial charge in [0.15, 0.2) is 0 Å². The highest BCUT2D eigenvalue weighted by atomic mass is 16.4. The summed E-state index contributed by atoms with van der Waals surface area (Å²) in [6, 6.07) is 5.60. The van der Waals surface area contributed by atoms with Crippen molar-refractivity contribution in [2.24, 2.45) is 0 Å². The minimum Gasteiger partial charge on any atom is -0.475 e. The Morgan fingerprint density at radius 1 is 1.31 bits per heavy atom. The zero-order valence-electron chi connectivity index (χ0n) is 9.56. The van der Waals surface area contributed by atoms with Gasteiger partial charge in [0.25, 0.3) is 0 Å². The van der Waals surface area contributed by atoms with Crippen LogP contribution in [0.15, 0.2) is 24.4 Å². The van der Waals surface area contributed by atoms with Crippen molar-refractivity contribution < 1.29 is 9.90 Å². The second-order valence-corrected chi connectivity index (χ2v) is 3.06.